The first kappa shape index (κ1) is 19.6. The zero-order valence-corrected chi connectivity index (χ0v) is 15.5. The Kier molecular flexibility index (Phi) is 5.76. The van der Waals surface area contributed by atoms with Gasteiger partial charge in [-0.3, -0.25) is 14.9 Å². The van der Waals surface area contributed by atoms with Crippen LogP contribution in [-0.4, -0.2) is 24.5 Å². The van der Waals surface area contributed by atoms with Crippen molar-refractivity contribution in [3.8, 4) is 0 Å². The second kappa shape index (κ2) is 7.65. The van der Waals surface area contributed by atoms with Gasteiger partial charge in [0.1, 0.15) is 5.25 Å². The van der Waals surface area contributed by atoms with Crippen molar-refractivity contribution in [3.05, 3.63) is 64.2 Å². The summed E-state index contributed by atoms with van der Waals surface area (Å²) in [6.45, 7) is 5.32. The molecule has 2 rings (SSSR count). The summed E-state index contributed by atoms with van der Waals surface area (Å²) in [7, 11) is -3.96. The fourth-order valence-electron chi connectivity index (χ4n) is 2.32. The summed E-state index contributed by atoms with van der Waals surface area (Å²) in [5, 5.41) is 11.9. The highest BCUT2D eigenvalue weighted by Crippen LogP contribution is 2.22. The first-order chi connectivity index (χ1) is 12.1. The van der Waals surface area contributed by atoms with Gasteiger partial charge in [-0.05, 0) is 42.7 Å². The van der Waals surface area contributed by atoms with Gasteiger partial charge in [0.25, 0.3) is 5.69 Å². The van der Waals surface area contributed by atoms with E-state index in [0.717, 1.165) is 29.8 Å². The number of nitrogens with zero attached hydrogens (tertiary/aromatic N) is 1. The van der Waals surface area contributed by atoms with E-state index in [1.165, 1.54) is 6.92 Å². The zero-order valence-electron chi connectivity index (χ0n) is 14.7. The molecule has 1 amide bonds. The van der Waals surface area contributed by atoms with E-state index in [2.05, 4.69) is 5.32 Å². The van der Waals surface area contributed by atoms with Crippen molar-refractivity contribution in [2.75, 3.05) is 5.32 Å². The molecule has 0 radical (unpaired) electrons. The lowest BCUT2D eigenvalue weighted by molar-refractivity contribution is -0.384. The average Bonchev–Trinajstić information content (AvgIpc) is 2.61. The van der Waals surface area contributed by atoms with Crippen LogP contribution in [0.3, 0.4) is 0 Å². The van der Waals surface area contributed by atoms with Gasteiger partial charge in [-0.1, -0.05) is 26.0 Å². The Morgan fingerprint density at radius 2 is 1.69 bits per heavy atom. The largest absolute Gasteiger partial charge is 0.325 e. The van der Waals surface area contributed by atoms with E-state index in [4.69, 9.17) is 0 Å². The molecule has 0 unspecified atom stereocenters. The highest BCUT2D eigenvalue weighted by molar-refractivity contribution is 7.92. The van der Waals surface area contributed by atoms with E-state index < -0.39 is 25.9 Å². The third-order valence-corrected chi connectivity index (χ3v) is 6.11. The number of rotatable bonds is 6. The Morgan fingerprint density at radius 1 is 1.08 bits per heavy atom. The molecule has 2 aromatic rings. The van der Waals surface area contributed by atoms with Crippen molar-refractivity contribution < 1.29 is 18.1 Å². The fraction of sp³-hybridized carbons (Fsp3) is 0.278. The molecule has 26 heavy (non-hydrogen) atoms. The van der Waals surface area contributed by atoms with Crippen LogP contribution in [0.4, 0.5) is 11.4 Å². The molecule has 1 atom stereocenters. The van der Waals surface area contributed by atoms with Crippen molar-refractivity contribution in [2.45, 2.75) is 36.8 Å². The highest BCUT2D eigenvalue weighted by atomic mass is 32.2. The van der Waals surface area contributed by atoms with Crippen molar-refractivity contribution in [3.63, 3.8) is 0 Å². The Labute approximate surface area is 152 Å². The van der Waals surface area contributed by atoms with Gasteiger partial charge < -0.3 is 5.32 Å². The summed E-state index contributed by atoms with van der Waals surface area (Å²) in [5.41, 5.74) is 1.33. The fourth-order valence-corrected chi connectivity index (χ4v) is 3.59. The van der Waals surface area contributed by atoms with Gasteiger partial charge in [-0.15, -0.1) is 0 Å². The summed E-state index contributed by atoms with van der Waals surface area (Å²) in [5.74, 6) is -0.391. The number of anilines is 1. The van der Waals surface area contributed by atoms with E-state index in [9.17, 15) is 23.3 Å². The average molecular weight is 376 g/mol. The van der Waals surface area contributed by atoms with Crippen LogP contribution in [-0.2, 0) is 14.6 Å². The third-order valence-electron chi connectivity index (χ3n) is 4.03. The third kappa shape index (κ3) is 4.26. The molecular weight excluding hydrogens is 356 g/mol. The molecule has 8 heteroatoms. The molecule has 0 aliphatic carbocycles. The number of nitrogens with one attached hydrogen (secondary N) is 1. The Bertz CT molecular complexity index is 921. The van der Waals surface area contributed by atoms with Crippen LogP contribution in [0.1, 0.15) is 32.3 Å². The number of carbonyl (C=O) groups excluding carboxylic acids is 1. The van der Waals surface area contributed by atoms with Crippen LogP contribution in [0.25, 0.3) is 0 Å². The Balaban J connectivity index is 2.20. The van der Waals surface area contributed by atoms with Gasteiger partial charge in [-0.2, -0.15) is 0 Å². The summed E-state index contributed by atoms with van der Waals surface area (Å²) < 4.78 is 25.2. The number of nitro benzene ring substituents is 1. The zero-order chi connectivity index (χ0) is 19.5. The second-order valence-corrected chi connectivity index (χ2v) is 8.48. The van der Waals surface area contributed by atoms with Gasteiger partial charge in [-0.25, -0.2) is 8.42 Å². The molecule has 138 valence electrons. The maximum absolute atomic E-state index is 12.6. The molecule has 0 saturated heterocycles. The number of non-ortho nitro benzene ring substituents is 1. The SMILES string of the molecule is CC(C)c1cccc(NC(=O)[C@@H](C)S(=O)(=O)c2ccc([N+](=O)[O-])cc2)c1. The van der Waals surface area contributed by atoms with Gasteiger partial charge in [0.05, 0.1) is 9.82 Å². The maximum atomic E-state index is 12.6. The molecule has 0 aliphatic rings. The lowest BCUT2D eigenvalue weighted by Gasteiger charge is -2.14. The molecule has 0 saturated carbocycles. The molecule has 0 bridgehead atoms. The number of hydrogen-bond acceptors (Lipinski definition) is 5. The van der Waals surface area contributed by atoms with Crippen LogP contribution in [0.2, 0.25) is 0 Å². The van der Waals surface area contributed by atoms with Gasteiger partial charge in [0.2, 0.25) is 5.91 Å². The lowest BCUT2D eigenvalue weighted by atomic mass is 10.0. The Morgan fingerprint density at radius 3 is 2.23 bits per heavy atom. The van der Waals surface area contributed by atoms with Crippen molar-refractivity contribution in [1.82, 2.24) is 0 Å². The van der Waals surface area contributed by atoms with Gasteiger partial charge in [0.15, 0.2) is 9.84 Å². The maximum Gasteiger partial charge on any atom is 0.269 e. The lowest BCUT2D eigenvalue weighted by Crippen LogP contribution is -2.32. The summed E-state index contributed by atoms with van der Waals surface area (Å²) in [6.07, 6.45) is 0. The van der Waals surface area contributed by atoms with Crippen molar-refractivity contribution >= 4 is 27.1 Å². The van der Waals surface area contributed by atoms with Crippen LogP contribution < -0.4 is 5.32 Å². The number of amides is 1. The van der Waals surface area contributed by atoms with Crippen LogP contribution in [0, 0.1) is 10.1 Å². The summed E-state index contributed by atoms with van der Waals surface area (Å²) in [4.78, 5) is 22.3. The normalized spacial score (nSPS) is 12.6. The number of sulfone groups is 1. The van der Waals surface area contributed by atoms with E-state index >= 15 is 0 Å². The molecule has 2 aromatic carbocycles. The minimum atomic E-state index is -3.96. The molecular formula is C18H20N2O5S. The predicted octanol–water partition coefficient (Wildman–Crippen LogP) is 3.52. The topological polar surface area (TPSA) is 106 Å². The number of nitro groups is 1. The minimum absolute atomic E-state index is 0.137. The molecule has 0 fully saturated rings. The number of benzene rings is 2. The quantitative estimate of drug-likeness (QED) is 0.613. The van der Waals surface area contributed by atoms with Gasteiger partial charge in [0, 0.05) is 17.8 Å². The molecule has 7 nitrogen and oxygen atoms in total. The van der Waals surface area contributed by atoms with E-state index in [0.29, 0.717) is 5.69 Å². The summed E-state index contributed by atoms with van der Waals surface area (Å²) >= 11 is 0. The number of carbonyl (C=O) groups is 1. The molecule has 0 spiro atoms. The second-order valence-electron chi connectivity index (χ2n) is 6.21. The van der Waals surface area contributed by atoms with Crippen molar-refractivity contribution in [1.29, 1.82) is 0 Å². The van der Waals surface area contributed by atoms with E-state index in [-0.39, 0.29) is 16.5 Å². The first-order valence-corrected chi connectivity index (χ1v) is 9.56. The van der Waals surface area contributed by atoms with E-state index in [1.807, 2.05) is 19.9 Å². The smallest absolute Gasteiger partial charge is 0.269 e. The number of hydrogen-bond donors (Lipinski definition) is 1. The predicted molar refractivity (Wildman–Crippen MR) is 98.9 cm³/mol. The van der Waals surface area contributed by atoms with Crippen molar-refractivity contribution in [2.24, 2.45) is 0 Å². The van der Waals surface area contributed by atoms with Crippen LogP contribution in [0.5, 0.6) is 0 Å². The van der Waals surface area contributed by atoms with Crippen LogP contribution >= 0.6 is 0 Å². The van der Waals surface area contributed by atoms with E-state index in [1.54, 1.807) is 18.2 Å². The molecule has 0 aliphatic heterocycles. The van der Waals surface area contributed by atoms with Gasteiger partial charge >= 0.3 is 0 Å². The molecule has 0 heterocycles. The summed E-state index contributed by atoms with van der Waals surface area (Å²) in [6, 6.07) is 11.7. The monoisotopic (exact) mass is 376 g/mol. The molecule has 0 aromatic heterocycles. The first-order valence-electron chi connectivity index (χ1n) is 8.02. The molecule has 1 N–H and O–H groups in total. The Hall–Kier alpha value is -2.74. The highest BCUT2D eigenvalue weighted by Gasteiger charge is 2.30. The van der Waals surface area contributed by atoms with Crippen LogP contribution in [0.15, 0.2) is 53.4 Å². The minimum Gasteiger partial charge on any atom is -0.325 e. The standard InChI is InChI=1S/C18H20N2O5S/c1-12(2)14-5-4-6-15(11-14)19-18(21)13(3)26(24,25)17-9-7-16(8-10-17)20(22)23/h4-13H,1-3H3,(H,19,21)/t13-/m1/s1.